The number of nitrogens with one attached hydrogen (secondary N) is 1. The number of benzene rings is 1. The lowest BCUT2D eigenvalue weighted by atomic mass is 10.1. The molecule has 0 unspecified atom stereocenters. The Hall–Kier alpha value is -1.28. The molecule has 2 nitrogen and oxygen atoms in total. The molecule has 0 radical (unpaired) electrons. The molecule has 1 saturated carbocycles. The molecular formula is C17H25NO. The van der Waals surface area contributed by atoms with Crippen molar-refractivity contribution in [1.82, 2.24) is 5.32 Å². The molecular weight excluding hydrogens is 234 g/mol. The van der Waals surface area contributed by atoms with E-state index in [1.54, 1.807) is 0 Å². The minimum Gasteiger partial charge on any atom is -0.494 e. The second-order valence-electron chi connectivity index (χ2n) is 5.42. The Morgan fingerprint density at radius 2 is 2.05 bits per heavy atom. The van der Waals surface area contributed by atoms with E-state index in [2.05, 4.69) is 49.5 Å². The minimum absolute atomic E-state index is 0.776. The van der Waals surface area contributed by atoms with Crippen molar-refractivity contribution in [3.05, 3.63) is 35.4 Å². The van der Waals surface area contributed by atoms with Gasteiger partial charge in [-0.1, -0.05) is 37.1 Å². The minimum atomic E-state index is 0.776. The van der Waals surface area contributed by atoms with Gasteiger partial charge in [0.1, 0.15) is 5.75 Å². The van der Waals surface area contributed by atoms with Crippen LogP contribution in [0.3, 0.4) is 0 Å². The molecule has 0 amide bonds. The van der Waals surface area contributed by atoms with Gasteiger partial charge in [0.2, 0.25) is 0 Å². The molecule has 0 heterocycles. The zero-order valence-electron chi connectivity index (χ0n) is 12.1. The fraction of sp³-hybridized carbons (Fsp3) is 0.529. The molecule has 1 aromatic carbocycles. The van der Waals surface area contributed by atoms with Crippen LogP contribution in [0.15, 0.2) is 29.8 Å². The van der Waals surface area contributed by atoms with E-state index >= 15 is 0 Å². The number of ether oxygens (including phenoxy) is 1. The van der Waals surface area contributed by atoms with Crippen LogP contribution in [-0.4, -0.2) is 19.2 Å². The van der Waals surface area contributed by atoms with Gasteiger partial charge in [-0.3, -0.25) is 0 Å². The first-order valence-electron chi connectivity index (χ1n) is 7.41. The van der Waals surface area contributed by atoms with Gasteiger partial charge in [-0.25, -0.2) is 0 Å². The van der Waals surface area contributed by atoms with Crippen molar-refractivity contribution in [3.63, 3.8) is 0 Å². The average Bonchev–Trinajstić information content (AvgIpc) is 3.23. The Morgan fingerprint density at radius 3 is 2.68 bits per heavy atom. The van der Waals surface area contributed by atoms with E-state index in [0.717, 1.165) is 31.4 Å². The van der Waals surface area contributed by atoms with Crippen molar-refractivity contribution in [2.24, 2.45) is 0 Å². The fourth-order valence-electron chi connectivity index (χ4n) is 1.92. The van der Waals surface area contributed by atoms with E-state index in [0.29, 0.717) is 0 Å². The van der Waals surface area contributed by atoms with Gasteiger partial charge >= 0.3 is 0 Å². The first-order valence-corrected chi connectivity index (χ1v) is 7.41. The highest BCUT2D eigenvalue weighted by atomic mass is 16.5. The second-order valence-corrected chi connectivity index (χ2v) is 5.42. The molecule has 104 valence electrons. The number of hydrogen-bond acceptors (Lipinski definition) is 2. The molecule has 0 atom stereocenters. The van der Waals surface area contributed by atoms with E-state index in [1.165, 1.54) is 30.4 Å². The smallest absolute Gasteiger partial charge is 0.119 e. The summed E-state index contributed by atoms with van der Waals surface area (Å²) in [5, 5.41) is 3.53. The molecule has 2 rings (SSSR count). The summed E-state index contributed by atoms with van der Waals surface area (Å²) < 4.78 is 5.66. The third-order valence-electron chi connectivity index (χ3n) is 3.31. The predicted molar refractivity (Wildman–Crippen MR) is 81.5 cm³/mol. The summed E-state index contributed by atoms with van der Waals surface area (Å²) in [4.78, 5) is 0. The van der Waals surface area contributed by atoms with Crippen molar-refractivity contribution in [3.8, 4) is 5.75 Å². The molecule has 0 bridgehead atoms. The molecule has 0 aromatic heterocycles. The predicted octanol–water partition coefficient (Wildman–Crippen LogP) is 4.02. The second kappa shape index (κ2) is 7.34. The summed E-state index contributed by atoms with van der Waals surface area (Å²) >= 11 is 0. The molecule has 0 saturated heterocycles. The molecule has 1 fully saturated rings. The van der Waals surface area contributed by atoms with Crippen LogP contribution in [0.2, 0.25) is 0 Å². The van der Waals surface area contributed by atoms with Crippen molar-refractivity contribution < 1.29 is 4.74 Å². The first-order chi connectivity index (χ1) is 9.28. The van der Waals surface area contributed by atoms with E-state index in [4.69, 9.17) is 4.74 Å². The average molecular weight is 259 g/mol. The van der Waals surface area contributed by atoms with Gasteiger partial charge in [0.15, 0.2) is 0 Å². The zero-order valence-corrected chi connectivity index (χ0v) is 12.1. The largest absolute Gasteiger partial charge is 0.494 e. The Labute approximate surface area is 116 Å². The summed E-state index contributed by atoms with van der Waals surface area (Å²) in [6.45, 7) is 6.17. The van der Waals surface area contributed by atoms with E-state index in [-0.39, 0.29) is 0 Å². The highest BCUT2D eigenvalue weighted by molar-refractivity contribution is 5.53. The standard InChI is InChI=1S/C17H25NO/c1-3-4-11-19-17-9-5-15(6-10-17)12-14(2)13-18-16-7-8-16/h5-6,9-10,12,16,18H,3-4,7-8,11,13H2,1-2H3. The Morgan fingerprint density at radius 1 is 1.32 bits per heavy atom. The lowest BCUT2D eigenvalue weighted by molar-refractivity contribution is 0.309. The van der Waals surface area contributed by atoms with Gasteiger partial charge in [0.25, 0.3) is 0 Å². The fourth-order valence-corrected chi connectivity index (χ4v) is 1.92. The van der Waals surface area contributed by atoms with Crippen LogP contribution in [0.5, 0.6) is 5.75 Å². The summed E-state index contributed by atoms with van der Waals surface area (Å²) in [7, 11) is 0. The monoisotopic (exact) mass is 259 g/mol. The molecule has 0 aliphatic heterocycles. The normalized spacial score (nSPS) is 15.6. The van der Waals surface area contributed by atoms with Gasteiger partial charge in [-0.15, -0.1) is 0 Å². The van der Waals surface area contributed by atoms with Crippen molar-refractivity contribution >= 4 is 6.08 Å². The highest BCUT2D eigenvalue weighted by Crippen LogP contribution is 2.19. The Balaban J connectivity index is 1.80. The SMILES string of the molecule is CCCCOc1ccc(C=C(C)CNC2CC2)cc1. The molecule has 1 aliphatic carbocycles. The molecule has 1 aromatic rings. The maximum absolute atomic E-state index is 5.66. The van der Waals surface area contributed by atoms with Crippen LogP contribution in [0.25, 0.3) is 6.08 Å². The Bertz CT molecular complexity index is 404. The van der Waals surface area contributed by atoms with Crippen molar-refractivity contribution in [2.75, 3.05) is 13.2 Å². The van der Waals surface area contributed by atoms with Gasteiger partial charge in [-0.05, 0) is 43.9 Å². The summed E-state index contributed by atoms with van der Waals surface area (Å²) in [5.41, 5.74) is 2.63. The van der Waals surface area contributed by atoms with Crippen LogP contribution in [0.1, 0.15) is 45.1 Å². The van der Waals surface area contributed by atoms with Gasteiger partial charge < -0.3 is 10.1 Å². The van der Waals surface area contributed by atoms with Crippen LogP contribution in [0.4, 0.5) is 0 Å². The van der Waals surface area contributed by atoms with Gasteiger partial charge in [-0.2, -0.15) is 0 Å². The maximum Gasteiger partial charge on any atom is 0.119 e. The number of rotatable bonds is 8. The Kier molecular flexibility index (Phi) is 5.46. The molecule has 0 spiro atoms. The van der Waals surface area contributed by atoms with Crippen molar-refractivity contribution in [1.29, 1.82) is 0 Å². The quantitative estimate of drug-likeness (QED) is 0.712. The molecule has 1 N–H and O–H groups in total. The first kappa shape index (κ1) is 14.1. The van der Waals surface area contributed by atoms with Gasteiger partial charge in [0, 0.05) is 12.6 Å². The number of hydrogen-bond donors (Lipinski definition) is 1. The zero-order chi connectivity index (χ0) is 13.5. The third-order valence-corrected chi connectivity index (χ3v) is 3.31. The maximum atomic E-state index is 5.66. The van der Waals surface area contributed by atoms with Crippen LogP contribution in [0, 0.1) is 0 Å². The summed E-state index contributed by atoms with van der Waals surface area (Å²) in [5.74, 6) is 0.972. The third kappa shape index (κ3) is 5.48. The molecule has 2 heteroatoms. The lowest BCUT2D eigenvalue weighted by Crippen LogP contribution is -2.18. The van der Waals surface area contributed by atoms with E-state index in [9.17, 15) is 0 Å². The van der Waals surface area contributed by atoms with Crippen molar-refractivity contribution in [2.45, 2.75) is 45.6 Å². The van der Waals surface area contributed by atoms with Crippen LogP contribution in [-0.2, 0) is 0 Å². The van der Waals surface area contributed by atoms with Crippen LogP contribution < -0.4 is 10.1 Å². The molecule has 19 heavy (non-hydrogen) atoms. The molecule has 1 aliphatic rings. The summed E-state index contributed by atoms with van der Waals surface area (Å²) in [6, 6.07) is 9.15. The highest BCUT2D eigenvalue weighted by Gasteiger charge is 2.19. The van der Waals surface area contributed by atoms with E-state index in [1.807, 2.05) is 0 Å². The summed E-state index contributed by atoms with van der Waals surface area (Å²) in [6.07, 6.45) is 7.22. The van der Waals surface area contributed by atoms with Crippen LogP contribution >= 0.6 is 0 Å². The van der Waals surface area contributed by atoms with E-state index < -0.39 is 0 Å². The lowest BCUT2D eigenvalue weighted by Gasteiger charge is -2.06. The number of unbranched alkanes of at least 4 members (excludes halogenated alkanes) is 1. The van der Waals surface area contributed by atoms with Gasteiger partial charge in [0.05, 0.1) is 6.61 Å². The topological polar surface area (TPSA) is 21.3 Å².